The van der Waals surface area contributed by atoms with Gasteiger partial charge in [0, 0.05) is 22.7 Å². The van der Waals surface area contributed by atoms with Gasteiger partial charge in [0.1, 0.15) is 11.4 Å². The third-order valence-corrected chi connectivity index (χ3v) is 3.98. The largest absolute Gasteiger partial charge is 0.366 e. The standard InChI is InChI=1S/C19H15N5/c1-12-9-10-21-16-8-7-14(11-15(12)16)18-17(22-19(20)24-23-18)13-5-3-2-4-6-13/h2-11H,1H3,(H2,20,22,24). The molecule has 0 aliphatic rings. The lowest BCUT2D eigenvalue weighted by molar-refractivity contribution is 0.997. The molecule has 4 aromatic rings. The molecule has 24 heavy (non-hydrogen) atoms. The molecule has 0 atom stereocenters. The molecule has 0 radical (unpaired) electrons. The van der Waals surface area contributed by atoms with Crippen molar-refractivity contribution in [3.8, 4) is 22.5 Å². The van der Waals surface area contributed by atoms with Crippen molar-refractivity contribution < 1.29 is 0 Å². The van der Waals surface area contributed by atoms with Crippen LogP contribution in [-0.2, 0) is 0 Å². The van der Waals surface area contributed by atoms with Crippen LogP contribution >= 0.6 is 0 Å². The van der Waals surface area contributed by atoms with Gasteiger partial charge in [0.15, 0.2) is 0 Å². The molecule has 0 aliphatic heterocycles. The van der Waals surface area contributed by atoms with Crippen molar-refractivity contribution in [1.29, 1.82) is 0 Å². The Morgan fingerprint density at radius 2 is 1.67 bits per heavy atom. The molecular weight excluding hydrogens is 298 g/mol. The van der Waals surface area contributed by atoms with Gasteiger partial charge in [0.05, 0.1) is 5.52 Å². The first-order valence-corrected chi connectivity index (χ1v) is 7.64. The number of nitrogens with zero attached hydrogens (tertiary/aromatic N) is 4. The molecule has 0 aliphatic carbocycles. The van der Waals surface area contributed by atoms with Crippen LogP contribution in [0.3, 0.4) is 0 Å². The molecule has 116 valence electrons. The van der Waals surface area contributed by atoms with E-state index in [0.717, 1.165) is 27.7 Å². The zero-order valence-electron chi connectivity index (χ0n) is 13.1. The molecule has 0 saturated carbocycles. The number of hydrogen-bond donors (Lipinski definition) is 1. The van der Waals surface area contributed by atoms with Crippen LogP contribution in [0, 0.1) is 6.92 Å². The number of fused-ring (bicyclic) bond motifs is 1. The summed E-state index contributed by atoms with van der Waals surface area (Å²) in [7, 11) is 0. The number of pyridine rings is 1. The third kappa shape index (κ3) is 2.46. The van der Waals surface area contributed by atoms with Gasteiger partial charge in [0.25, 0.3) is 0 Å². The van der Waals surface area contributed by atoms with Crippen LogP contribution in [0.1, 0.15) is 5.56 Å². The van der Waals surface area contributed by atoms with E-state index in [9.17, 15) is 0 Å². The number of aromatic nitrogens is 4. The molecule has 2 aromatic carbocycles. The number of rotatable bonds is 2. The Kier molecular flexibility index (Phi) is 3.39. The number of nitrogen functional groups attached to an aromatic ring is 1. The van der Waals surface area contributed by atoms with Gasteiger partial charge in [-0.25, -0.2) is 4.98 Å². The molecule has 2 heterocycles. The Hall–Kier alpha value is -3.34. The lowest BCUT2D eigenvalue weighted by Gasteiger charge is -2.09. The van der Waals surface area contributed by atoms with Gasteiger partial charge >= 0.3 is 0 Å². The molecule has 5 nitrogen and oxygen atoms in total. The number of nitrogens with two attached hydrogens (primary N) is 1. The van der Waals surface area contributed by atoms with E-state index in [1.807, 2.05) is 54.7 Å². The summed E-state index contributed by atoms with van der Waals surface area (Å²) < 4.78 is 0. The van der Waals surface area contributed by atoms with Gasteiger partial charge in [-0.3, -0.25) is 4.98 Å². The fourth-order valence-electron chi connectivity index (χ4n) is 2.76. The highest BCUT2D eigenvalue weighted by Gasteiger charge is 2.13. The number of benzene rings is 2. The topological polar surface area (TPSA) is 77.6 Å². The van der Waals surface area contributed by atoms with E-state index < -0.39 is 0 Å². The second-order valence-corrected chi connectivity index (χ2v) is 5.59. The summed E-state index contributed by atoms with van der Waals surface area (Å²) in [5.74, 6) is 0.163. The molecule has 5 heteroatoms. The van der Waals surface area contributed by atoms with Gasteiger partial charge < -0.3 is 5.73 Å². The second-order valence-electron chi connectivity index (χ2n) is 5.59. The number of anilines is 1. The molecular formula is C19H15N5. The summed E-state index contributed by atoms with van der Waals surface area (Å²) >= 11 is 0. The van der Waals surface area contributed by atoms with Gasteiger partial charge in [-0.2, -0.15) is 0 Å². The van der Waals surface area contributed by atoms with Crippen molar-refractivity contribution >= 4 is 16.9 Å². The van der Waals surface area contributed by atoms with Crippen LogP contribution in [0.5, 0.6) is 0 Å². The van der Waals surface area contributed by atoms with Crippen molar-refractivity contribution in [2.24, 2.45) is 0 Å². The Bertz CT molecular complexity index is 1030. The van der Waals surface area contributed by atoms with Gasteiger partial charge in [-0.05, 0) is 30.7 Å². The summed E-state index contributed by atoms with van der Waals surface area (Å²) in [5.41, 5.74) is 11.2. The average Bonchev–Trinajstić information content (AvgIpc) is 2.63. The second kappa shape index (κ2) is 5.70. The molecule has 0 amide bonds. The van der Waals surface area contributed by atoms with E-state index in [0.29, 0.717) is 5.69 Å². The maximum absolute atomic E-state index is 5.76. The summed E-state index contributed by atoms with van der Waals surface area (Å²) in [4.78, 5) is 8.81. The van der Waals surface area contributed by atoms with Gasteiger partial charge in [0.2, 0.25) is 5.95 Å². The van der Waals surface area contributed by atoms with E-state index in [4.69, 9.17) is 5.73 Å². The molecule has 2 aromatic heterocycles. The maximum atomic E-state index is 5.76. The summed E-state index contributed by atoms with van der Waals surface area (Å²) in [6.45, 7) is 2.07. The quantitative estimate of drug-likeness (QED) is 0.611. The molecule has 4 rings (SSSR count). The first-order chi connectivity index (χ1) is 11.7. The fourth-order valence-corrected chi connectivity index (χ4v) is 2.76. The van der Waals surface area contributed by atoms with Crippen molar-refractivity contribution in [2.45, 2.75) is 6.92 Å². The lowest BCUT2D eigenvalue weighted by Crippen LogP contribution is -2.02. The fraction of sp³-hybridized carbons (Fsp3) is 0.0526. The Morgan fingerprint density at radius 3 is 2.50 bits per heavy atom. The first kappa shape index (κ1) is 14.3. The number of hydrogen-bond acceptors (Lipinski definition) is 5. The minimum Gasteiger partial charge on any atom is -0.366 e. The zero-order chi connectivity index (χ0) is 16.5. The summed E-state index contributed by atoms with van der Waals surface area (Å²) in [5, 5.41) is 9.34. The van der Waals surface area contributed by atoms with E-state index in [1.54, 1.807) is 0 Å². The third-order valence-electron chi connectivity index (χ3n) is 3.98. The predicted molar refractivity (Wildman–Crippen MR) is 95.1 cm³/mol. The SMILES string of the molecule is Cc1ccnc2ccc(-c3nnc(N)nc3-c3ccccc3)cc12. The van der Waals surface area contributed by atoms with E-state index in [2.05, 4.69) is 33.2 Å². The highest BCUT2D eigenvalue weighted by molar-refractivity contribution is 5.88. The molecule has 2 N–H and O–H groups in total. The van der Waals surface area contributed by atoms with Gasteiger partial charge in [-0.1, -0.05) is 36.4 Å². The zero-order valence-corrected chi connectivity index (χ0v) is 13.1. The van der Waals surface area contributed by atoms with Crippen LogP contribution in [0.25, 0.3) is 33.4 Å². The number of aryl methyl sites for hydroxylation is 1. The molecule has 0 saturated heterocycles. The first-order valence-electron chi connectivity index (χ1n) is 7.64. The van der Waals surface area contributed by atoms with E-state index in [-0.39, 0.29) is 5.95 Å². The van der Waals surface area contributed by atoms with Crippen molar-refractivity contribution in [1.82, 2.24) is 20.2 Å². The Labute approximate surface area is 139 Å². The van der Waals surface area contributed by atoms with Crippen LogP contribution in [0.15, 0.2) is 60.8 Å². The van der Waals surface area contributed by atoms with Crippen LogP contribution in [0.2, 0.25) is 0 Å². The van der Waals surface area contributed by atoms with E-state index >= 15 is 0 Å². The normalized spacial score (nSPS) is 10.9. The van der Waals surface area contributed by atoms with Gasteiger partial charge in [-0.15, -0.1) is 10.2 Å². The average molecular weight is 313 g/mol. The van der Waals surface area contributed by atoms with Crippen molar-refractivity contribution in [3.63, 3.8) is 0 Å². The molecule has 0 bridgehead atoms. The van der Waals surface area contributed by atoms with Crippen molar-refractivity contribution in [3.05, 3.63) is 66.4 Å². The van der Waals surface area contributed by atoms with Crippen molar-refractivity contribution in [2.75, 3.05) is 5.73 Å². The lowest BCUT2D eigenvalue weighted by atomic mass is 10.0. The molecule has 0 spiro atoms. The minimum absolute atomic E-state index is 0.163. The Morgan fingerprint density at radius 1 is 0.833 bits per heavy atom. The van der Waals surface area contributed by atoms with E-state index in [1.165, 1.54) is 5.56 Å². The monoisotopic (exact) mass is 313 g/mol. The highest BCUT2D eigenvalue weighted by atomic mass is 15.2. The summed E-state index contributed by atoms with van der Waals surface area (Å²) in [6.07, 6.45) is 1.82. The van der Waals surface area contributed by atoms with Crippen LogP contribution in [0.4, 0.5) is 5.95 Å². The Balaban J connectivity index is 1.96. The smallest absolute Gasteiger partial charge is 0.240 e. The molecule has 0 unspecified atom stereocenters. The summed E-state index contributed by atoms with van der Waals surface area (Å²) in [6, 6.07) is 17.9. The van der Waals surface area contributed by atoms with Crippen LogP contribution < -0.4 is 5.73 Å². The molecule has 0 fully saturated rings. The minimum atomic E-state index is 0.163. The highest BCUT2D eigenvalue weighted by Crippen LogP contribution is 2.30. The van der Waals surface area contributed by atoms with Crippen LogP contribution in [-0.4, -0.2) is 20.2 Å². The maximum Gasteiger partial charge on any atom is 0.240 e. The predicted octanol–water partition coefficient (Wildman–Crippen LogP) is 3.64.